The Balaban J connectivity index is 1.79. The zero-order valence-corrected chi connectivity index (χ0v) is 11.2. The predicted octanol–water partition coefficient (Wildman–Crippen LogP) is 2.93. The van der Waals surface area contributed by atoms with Crippen LogP contribution in [0.3, 0.4) is 0 Å². The molecule has 0 spiro atoms. The Bertz CT molecular complexity index is 388. The highest BCUT2D eigenvalue weighted by atomic mass is 32.1. The molecule has 4 heteroatoms. The van der Waals surface area contributed by atoms with Crippen LogP contribution in [0.5, 0.6) is 0 Å². The van der Waals surface area contributed by atoms with Gasteiger partial charge in [0.15, 0.2) is 5.13 Å². The molecule has 1 aliphatic carbocycles. The van der Waals surface area contributed by atoms with Gasteiger partial charge in [0.2, 0.25) is 0 Å². The third-order valence-electron chi connectivity index (χ3n) is 4.22. The normalized spacial score (nSPS) is 30.4. The van der Waals surface area contributed by atoms with Crippen molar-refractivity contribution >= 4 is 16.5 Å². The maximum absolute atomic E-state index is 5.91. The molecular formula is C13H21N3S. The Kier molecular flexibility index (Phi) is 3.09. The maximum Gasteiger partial charge on any atom is 0.185 e. The lowest BCUT2D eigenvalue weighted by Gasteiger charge is -2.31. The van der Waals surface area contributed by atoms with E-state index < -0.39 is 0 Å². The number of rotatable bonds is 2. The summed E-state index contributed by atoms with van der Waals surface area (Å²) in [7, 11) is 0. The third kappa shape index (κ3) is 2.08. The molecule has 0 amide bonds. The van der Waals surface area contributed by atoms with E-state index in [0.29, 0.717) is 0 Å². The highest BCUT2D eigenvalue weighted by molar-refractivity contribution is 7.15. The van der Waals surface area contributed by atoms with Crippen molar-refractivity contribution in [2.24, 2.45) is 11.7 Å². The summed E-state index contributed by atoms with van der Waals surface area (Å²) < 4.78 is 0. The number of fused-ring (bicyclic) bond motifs is 1. The van der Waals surface area contributed by atoms with Crippen molar-refractivity contribution in [3.8, 4) is 0 Å². The van der Waals surface area contributed by atoms with Gasteiger partial charge in [0.05, 0.1) is 0 Å². The van der Waals surface area contributed by atoms with E-state index in [-0.39, 0.29) is 6.04 Å². The van der Waals surface area contributed by atoms with Gasteiger partial charge in [-0.3, -0.25) is 0 Å². The molecule has 1 aromatic heterocycles. The van der Waals surface area contributed by atoms with E-state index >= 15 is 0 Å². The van der Waals surface area contributed by atoms with Gasteiger partial charge in [-0.1, -0.05) is 12.8 Å². The highest BCUT2D eigenvalue weighted by Gasteiger charge is 2.36. The molecule has 1 saturated heterocycles. The second-order valence-electron chi connectivity index (χ2n) is 5.43. The molecule has 1 aromatic rings. The lowest BCUT2D eigenvalue weighted by atomic mass is 9.85. The molecule has 3 nitrogen and oxygen atoms in total. The minimum Gasteiger partial charge on any atom is -0.345 e. The lowest BCUT2D eigenvalue weighted by molar-refractivity contribution is 0.342. The minimum absolute atomic E-state index is 0.117. The average molecular weight is 251 g/mol. The van der Waals surface area contributed by atoms with Crippen LogP contribution in [0.1, 0.15) is 49.9 Å². The van der Waals surface area contributed by atoms with E-state index in [1.165, 1.54) is 48.7 Å². The van der Waals surface area contributed by atoms with E-state index in [4.69, 9.17) is 5.73 Å². The Morgan fingerprint density at radius 2 is 2.24 bits per heavy atom. The molecule has 2 heterocycles. The highest BCUT2D eigenvalue weighted by Crippen LogP contribution is 2.40. The SMILES string of the molecule is CC(N)c1cnc(N2CCC3CCCCC32)s1. The average Bonchev–Trinajstić information content (AvgIpc) is 2.95. The fraction of sp³-hybridized carbons (Fsp3) is 0.769. The summed E-state index contributed by atoms with van der Waals surface area (Å²) in [6, 6.07) is 0.877. The number of thiazole rings is 1. The van der Waals surface area contributed by atoms with Crippen LogP contribution in [0.15, 0.2) is 6.20 Å². The molecule has 2 N–H and O–H groups in total. The summed E-state index contributed by atoms with van der Waals surface area (Å²) in [4.78, 5) is 8.32. The number of nitrogens with two attached hydrogens (primary N) is 1. The van der Waals surface area contributed by atoms with Gasteiger partial charge in [0.1, 0.15) is 0 Å². The van der Waals surface area contributed by atoms with E-state index in [2.05, 4.69) is 9.88 Å². The number of nitrogens with zero attached hydrogens (tertiary/aromatic N) is 2. The van der Waals surface area contributed by atoms with E-state index in [1.807, 2.05) is 13.1 Å². The van der Waals surface area contributed by atoms with Crippen molar-refractivity contribution < 1.29 is 0 Å². The summed E-state index contributed by atoms with van der Waals surface area (Å²) in [5, 5.41) is 1.20. The van der Waals surface area contributed by atoms with Gasteiger partial charge in [-0.15, -0.1) is 11.3 Å². The van der Waals surface area contributed by atoms with Crippen molar-refractivity contribution in [3.63, 3.8) is 0 Å². The van der Waals surface area contributed by atoms with E-state index in [1.54, 1.807) is 11.3 Å². The number of aromatic nitrogens is 1. The molecule has 94 valence electrons. The second-order valence-corrected chi connectivity index (χ2v) is 6.47. The van der Waals surface area contributed by atoms with E-state index in [0.717, 1.165) is 12.0 Å². The molecule has 1 aliphatic heterocycles. The van der Waals surface area contributed by atoms with Crippen molar-refractivity contribution in [1.29, 1.82) is 0 Å². The fourth-order valence-electron chi connectivity index (χ4n) is 3.26. The summed E-state index contributed by atoms with van der Waals surface area (Å²) in [5.41, 5.74) is 5.91. The first-order valence-electron chi connectivity index (χ1n) is 6.73. The largest absolute Gasteiger partial charge is 0.345 e. The molecular weight excluding hydrogens is 230 g/mol. The lowest BCUT2D eigenvalue weighted by Crippen LogP contribution is -2.34. The number of hydrogen-bond donors (Lipinski definition) is 1. The van der Waals surface area contributed by atoms with Crippen LogP contribution in [-0.2, 0) is 0 Å². The van der Waals surface area contributed by atoms with Gasteiger partial charge in [-0.2, -0.15) is 0 Å². The number of anilines is 1. The Morgan fingerprint density at radius 1 is 1.41 bits per heavy atom. The molecule has 2 fully saturated rings. The zero-order valence-electron chi connectivity index (χ0n) is 10.4. The first-order chi connectivity index (χ1) is 8.25. The molecule has 0 bridgehead atoms. The number of hydrogen-bond acceptors (Lipinski definition) is 4. The van der Waals surface area contributed by atoms with Crippen LogP contribution in [0.25, 0.3) is 0 Å². The van der Waals surface area contributed by atoms with E-state index in [9.17, 15) is 0 Å². The van der Waals surface area contributed by atoms with Gasteiger partial charge in [0.25, 0.3) is 0 Å². The summed E-state index contributed by atoms with van der Waals surface area (Å²) in [5.74, 6) is 0.923. The monoisotopic (exact) mass is 251 g/mol. The van der Waals surface area contributed by atoms with Crippen molar-refractivity contribution in [2.45, 2.75) is 51.1 Å². The molecule has 1 saturated carbocycles. The van der Waals surface area contributed by atoms with Gasteiger partial charge < -0.3 is 10.6 Å². The quantitative estimate of drug-likeness (QED) is 0.878. The topological polar surface area (TPSA) is 42.1 Å². The third-order valence-corrected chi connectivity index (χ3v) is 5.45. The van der Waals surface area contributed by atoms with Crippen LogP contribution < -0.4 is 10.6 Å². The molecule has 2 aliphatic rings. The summed E-state index contributed by atoms with van der Waals surface area (Å²) in [6.45, 7) is 3.23. The standard InChI is InChI=1S/C13H21N3S/c1-9(14)12-8-15-13(17-12)16-7-6-10-4-2-3-5-11(10)16/h8-11H,2-7,14H2,1H3. The smallest absolute Gasteiger partial charge is 0.185 e. The summed E-state index contributed by atoms with van der Waals surface area (Å²) in [6.07, 6.45) is 8.92. The van der Waals surface area contributed by atoms with Crippen molar-refractivity contribution in [3.05, 3.63) is 11.1 Å². The second kappa shape index (κ2) is 4.58. The molecule has 3 atom stereocenters. The first-order valence-corrected chi connectivity index (χ1v) is 7.55. The van der Waals surface area contributed by atoms with Crippen molar-refractivity contribution in [2.75, 3.05) is 11.4 Å². The van der Waals surface area contributed by atoms with Crippen LogP contribution in [-0.4, -0.2) is 17.6 Å². The van der Waals surface area contributed by atoms with Gasteiger partial charge in [-0.25, -0.2) is 4.98 Å². The fourth-order valence-corrected chi connectivity index (χ4v) is 4.22. The molecule has 3 rings (SSSR count). The molecule has 0 aromatic carbocycles. The zero-order chi connectivity index (χ0) is 11.8. The Morgan fingerprint density at radius 3 is 3.00 bits per heavy atom. The van der Waals surface area contributed by atoms with Gasteiger partial charge in [0, 0.05) is 29.7 Å². The Hall–Kier alpha value is -0.610. The van der Waals surface area contributed by atoms with Crippen LogP contribution >= 0.6 is 11.3 Å². The van der Waals surface area contributed by atoms with Gasteiger partial charge >= 0.3 is 0 Å². The van der Waals surface area contributed by atoms with Crippen LogP contribution in [0.4, 0.5) is 5.13 Å². The molecule has 17 heavy (non-hydrogen) atoms. The van der Waals surface area contributed by atoms with Crippen molar-refractivity contribution in [1.82, 2.24) is 4.98 Å². The van der Waals surface area contributed by atoms with Crippen LogP contribution in [0, 0.1) is 5.92 Å². The van der Waals surface area contributed by atoms with Gasteiger partial charge in [-0.05, 0) is 32.1 Å². The first kappa shape index (κ1) is 11.5. The summed E-state index contributed by atoms with van der Waals surface area (Å²) >= 11 is 1.78. The maximum atomic E-state index is 5.91. The molecule has 3 unspecified atom stereocenters. The van der Waals surface area contributed by atoms with Crippen LogP contribution in [0.2, 0.25) is 0 Å². The minimum atomic E-state index is 0.117. The predicted molar refractivity (Wildman–Crippen MR) is 72.4 cm³/mol. The molecule has 0 radical (unpaired) electrons. The Labute approximate surface area is 107 Å².